The molecule has 3 rings (SSSR count). The third-order valence-corrected chi connectivity index (χ3v) is 4.75. The van der Waals surface area contributed by atoms with E-state index in [-0.39, 0.29) is 11.9 Å². The molecule has 0 saturated heterocycles. The van der Waals surface area contributed by atoms with Gasteiger partial charge in [-0.15, -0.1) is 0 Å². The van der Waals surface area contributed by atoms with E-state index < -0.39 is 0 Å². The number of hydrogen-bond acceptors (Lipinski definition) is 3. The molecular weight excluding hydrogens is 362 g/mol. The molecule has 0 radical (unpaired) electrons. The van der Waals surface area contributed by atoms with Crippen molar-refractivity contribution in [2.24, 2.45) is 0 Å². The van der Waals surface area contributed by atoms with Gasteiger partial charge in [0.25, 0.3) is 5.91 Å². The lowest BCUT2D eigenvalue weighted by molar-refractivity contribution is 0.0939. The lowest BCUT2D eigenvalue weighted by atomic mass is 10.1. The molecule has 1 N–H and O–H groups in total. The van der Waals surface area contributed by atoms with Crippen LogP contribution in [0.2, 0.25) is 0 Å². The monoisotopic (exact) mass is 389 g/mol. The first-order valence-electron chi connectivity index (χ1n) is 9.88. The largest absolute Gasteiger partial charge is 0.493 e. The molecule has 0 aliphatic rings. The van der Waals surface area contributed by atoms with Gasteiger partial charge in [-0.25, -0.2) is 0 Å². The Kier molecular flexibility index (Phi) is 6.90. The van der Waals surface area contributed by atoms with Gasteiger partial charge >= 0.3 is 0 Å². The molecule has 3 aromatic carbocycles. The summed E-state index contributed by atoms with van der Waals surface area (Å²) in [5.74, 6) is 1.43. The van der Waals surface area contributed by atoms with Gasteiger partial charge in [0, 0.05) is 11.1 Å². The number of carbonyl (C=O) groups excluding carboxylic acids is 1. The maximum absolute atomic E-state index is 12.8. The number of aryl methyl sites for hydroxylation is 1. The van der Waals surface area contributed by atoms with Gasteiger partial charge in [0.1, 0.15) is 18.1 Å². The fraction of sp³-hybridized carbons (Fsp3) is 0.240. The van der Waals surface area contributed by atoms with Crippen molar-refractivity contribution in [3.63, 3.8) is 0 Å². The molecule has 4 heteroatoms. The lowest BCUT2D eigenvalue weighted by Crippen LogP contribution is -2.26. The smallest absolute Gasteiger partial charge is 0.251 e. The maximum atomic E-state index is 12.8. The zero-order valence-electron chi connectivity index (χ0n) is 17.1. The molecule has 3 aromatic rings. The highest BCUT2D eigenvalue weighted by atomic mass is 16.5. The normalized spacial score (nSPS) is 11.6. The van der Waals surface area contributed by atoms with E-state index in [0.717, 1.165) is 28.2 Å². The highest BCUT2D eigenvalue weighted by Gasteiger charge is 2.14. The Morgan fingerprint density at radius 1 is 0.931 bits per heavy atom. The standard InChI is InChI=1S/C25H27NO3/c1-4-28-24-15-14-21(25(27)26-19(3)20-11-6-5-7-12-20)16-22(24)17-29-23-13-9-8-10-18(23)2/h5-16,19H,4,17H2,1-3H3,(H,26,27)/t19-/m1/s1. The molecule has 0 saturated carbocycles. The fourth-order valence-electron chi connectivity index (χ4n) is 3.11. The Morgan fingerprint density at radius 3 is 2.38 bits per heavy atom. The average molecular weight is 389 g/mol. The van der Waals surface area contributed by atoms with Crippen molar-refractivity contribution in [2.75, 3.05) is 6.61 Å². The van der Waals surface area contributed by atoms with Crippen LogP contribution in [0.3, 0.4) is 0 Å². The van der Waals surface area contributed by atoms with Crippen molar-refractivity contribution in [1.82, 2.24) is 5.32 Å². The van der Waals surface area contributed by atoms with Crippen LogP contribution in [-0.2, 0) is 6.61 Å². The number of hydrogen-bond donors (Lipinski definition) is 1. The van der Waals surface area contributed by atoms with Crippen LogP contribution in [0.25, 0.3) is 0 Å². The average Bonchev–Trinajstić information content (AvgIpc) is 2.74. The van der Waals surface area contributed by atoms with Gasteiger partial charge < -0.3 is 14.8 Å². The SMILES string of the molecule is CCOc1ccc(C(=O)N[C@H](C)c2ccccc2)cc1COc1ccccc1C. The summed E-state index contributed by atoms with van der Waals surface area (Å²) < 4.78 is 11.7. The summed E-state index contributed by atoms with van der Waals surface area (Å²) in [7, 11) is 0. The first kappa shape index (κ1) is 20.5. The highest BCUT2D eigenvalue weighted by Crippen LogP contribution is 2.24. The van der Waals surface area contributed by atoms with E-state index in [1.807, 2.05) is 87.5 Å². The van der Waals surface area contributed by atoms with Crippen molar-refractivity contribution in [3.05, 3.63) is 95.1 Å². The van der Waals surface area contributed by atoms with E-state index >= 15 is 0 Å². The Bertz CT molecular complexity index is 953. The summed E-state index contributed by atoms with van der Waals surface area (Å²) in [4.78, 5) is 12.8. The summed E-state index contributed by atoms with van der Waals surface area (Å²) >= 11 is 0. The van der Waals surface area contributed by atoms with Crippen molar-refractivity contribution >= 4 is 5.91 Å². The minimum absolute atomic E-state index is 0.0815. The number of carbonyl (C=O) groups is 1. The molecule has 29 heavy (non-hydrogen) atoms. The van der Waals surface area contributed by atoms with Crippen LogP contribution in [0.5, 0.6) is 11.5 Å². The van der Waals surface area contributed by atoms with Gasteiger partial charge in [0.2, 0.25) is 0 Å². The second-order valence-electron chi connectivity index (χ2n) is 6.92. The Hall–Kier alpha value is -3.27. The number of benzene rings is 3. The van der Waals surface area contributed by atoms with Gasteiger partial charge in [-0.05, 0) is 56.2 Å². The van der Waals surface area contributed by atoms with E-state index in [0.29, 0.717) is 18.8 Å². The van der Waals surface area contributed by atoms with Gasteiger partial charge in [0.15, 0.2) is 0 Å². The molecule has 4 nitrogen and oxygen atoms in total. The number of nitrogens with one attached hydrogen (secondary N) is 1. The zero-order chi connectivity index (χ0) is 20.6. The van der Waals surface area contributed by atoms with Crippen molar-refractivity contribution in [2.45, 2.75) is 33.4 Å². The van der Waals surface area contributed by atoms with Crippen LogP contribution in [0.1, 0.15) is 46.9 Å². The minimum atomic E-state index is -0.124. The van der Waals surface area contributed by atoms with Crippen LogP contribution in [-0.4, -0.2) is 12.5 Å². The van der Waals surface area contributed by atoms with Gasteiger partial charge in [-0.1, -0.05) is 48.5 Å². The Morgan fingerprint density at radius 2 is 1.66 bits per heavy atom. The van der Waals surface area contributed by atoms with Crippen LogP contribution < -0.4 is 14.8 Å². The van der Waals surface area contributed by atoms with Gasteiger partial charge in [-0.2, -0.15) is 0 Å². The third-order valence-electron chi connectivity index (χ3n) is 4.75. The summed E-state index contributed by atoms with van der Waals surface area (Å²) in [6.45, 7) is 6.80. The van der Waals surface area contributed by atoms with E-state index in [2.05, 4.69) is 5.32 Å². The van der Waals surface area contributed by atoms with Gasteiger partial charge in [0.05, 0.1) is 12.6 Å². The van der Waals surface area contributed by atoms with E-state index in [9.17, 15) is 4.79 Å². The Balaban J connectivity index is 1.76. The minimum Gasteiger partial charge on any atom is -0.493 e. The number of amides is 1. The molecule has 0 aliphatic carbocycles. The van der Waals surface area contributed by atoms with Crippen LogP contribution in [0.15, 0.2) is 72.8 Å². The lowest BCUT2D eigenvalue weighted by Gasteiger charge is -2.16. The Labute approximate surface area is 172 Å². The first-order chi connectivity index (χ1) is 14.1. The molecule has 0 fully saturated rings. The van der Waals surface area contributed by atoms with Gasteiger partial charge in [-0.3, -0.25) is 4.79 Å². The molecule has 0 spiro atoms. The molecule has 1 amide bonds. The first-order valence-corrected chi connectivity index (χ1v) is 9.88. The predicted octanol–water partition coefficient (Wildman–Crippen LogP) is 5.46. The zero-order valence-corrected chi connectivity index (χ0v) is 17.1. The van der Waals surface area contributed by atoms with Crippen LogP contribution in [0.4, 0.5) is 0 Å². The topological polar surface area (TPSA) is 47.6 Å². The molecule has 1 atom stereocenters. The molecular formula is C25H27NO3. The molecule has 0 bridgehead atoms. The van der Waals surface area contributed by atoms with Crippen LogP contribution in [0, 0.1) is 6.92 Å². The fourth-order valence-corrected chi connectivity index (χ4v) is 3.11. The summed E-state index contributed by atoms with van der Waals surface area (Å²) in [6.07, 6.45) is 0. The van der Waals surface area contributed by atoms with E-state index in [4.69, 9.17) is 9.47 Å². The second kappa shape index (κ2) is 9.78. The summed E-state index contributed by atoms with van der Waals surface area (Å²) in [5, 5.41) is 3.05. The second-order valence-corrected chi connectivity index (χ2v) is 6.92. The summed E-state index contributed by atoms with van der Waals surface area (Å²) in [6, 6.07) is 23.2. The van der Waals surface area contributed by atoms with Crippen molar-refractivity contribution < 1.29 is 14.3 Å². The third kappa shape index (κ3) is 5.38. The molecule has 0 aliphatic heterocycles. The summed E-state index contributed by atoms with van der Waals surface area (Å²) in [5.41, 5.74) is 3.56. The maximum Gasteiger partial charge on any atom is 0.251 e. The number of para-hydroxylation sites is 1. The van der Waals surface area contributed by atoms with Crippen molar-refractivity contribution in [1.29, 1.82) is 0 Å². The molecule has 0 aromatic heterocycles. The van der Waals surface area contributed by atoms with Crippen molar-refractivity contribution in [3.8, 4) is 11.5 Å². The number of rotatable bonds is 8. The highest BCUT2D eigenvalue weighted by molar-refractivity contribution is 5.94. The molecule has 0 unspecified atom stereocenters. The van der Waals surface area contributed by atoms with Crippen LogP contribution >= 0.6 is 0 Å². The number of ether oxygens (including phenoxy) is 2. The van der Waals surface area contributed by atoms with E-state index in [1.54, 1.807) is 6.07 Å². The molecule has 150 valence electrons. The predicted molar refractivity (Wildman–Crippen MR) is 115 cm³/mol. The van der Waals surface area contributed by atoms with E-state index in [1.165, 1.54) is 0 Å². The quantitative estimate of drug-likeness (QED) is 0.556. The molecule has 0 heterocycles.